The molecule has 0 fully saturated rings. The van der Waals surface area contributed by atoms with Crippen LogP contribution in [0.3, 0.4) is 0 Å². The predicted molar refractivity (Wildman–Crippen MR) is 219 cm³/mol. The predicted octanol–water partition coefficient (Wildman–Crippen LogP) is 7.26. The van der Waals surface area contributed by atoms with Crippen LogP contribution in [0.15, 0.2) is 115 Å². The van der Waals surface area contributed by atoms with E-state index < -0.39 is 12.1 Å². The van der Waals surface area contributed by atoms with Gasteiger partial charge in [0, 0.05) is 54.8 Å². The zero-order valence-corrected chi connectivity index (χ0v) is 30.8. The van der Waals surface area contributed by atoms with E-state index in [1.807, 2.05) is 66.7 Å². The topological polar surface area (TPSA) is 212 Å². The van der Waals surface area contributed by atoms with Gasteiger partial charge in [0.25, 0.3) is 0 Å². The van der Waals surface area contributed by atoms with Crippen LogP contribution in [0.25, 0.3) is 11.1 Å². The van der Waals surface area contributed by atoms with E-state index in [4.69, 9.17) is 10.5 Å². The molecule has 0 saturated carbocycles. The third kappa shape index (κ3) is 10.6. The first kappa shape index (κ1) is 38.9. The summed E-state index contributed by atoms with van der Waals surface area (Å²) in [5.74, 6) is -0.148. The number of nitrogens with one attached hydrogen (secondary N) is 8. The van der Waals surface area contributed by atoms with Gasteiger partial charge in [-0.25, -0.2) is 19.2 Å². The van der Waals surface area contributed by atoms with Gasteiger partial charge in [0.2, 0.25) is 0 Å². The van der Waals surface area contributed by atoms with Crippen molar-refractivity contribution in [3.05, 3.63) is 143 Å². The Morgan fingerprint density at radius 2 is 0.842 bits per heavy atom. The first-order valence-corrected chi connectivity index (χ1v) is 18.3. The maximum absolute atomic E-state index is 12.8. The van der Waals surface area contributed by atoms with Crippen LogP contribution in [0.5, 0.6) is 0 Å². The van der Waals surface area contributed by atoms with Crippen LogP contribution in [0, 0.1) is 22.7 Å². The third-order valence-electron chi connectivity index (χ3n) is 9.01. The average molecular weight is 761 g/mol. The second-order valence-electron chi connectivity index (χ2n) is 13.1. The zero-order chi connectivity index (χ0) is 40.0. The molecule has 5 aromatic rings. The van der Waals surface area contributed by atoms with Gasteiger partial charge >= 0.3 is 24.1 Å². The third-order valence-corrected chi connectivity index (χ3v) is 9.01. The van der Waals surface area contributed by atoms with E-state index in [9.17, 15) is 19.2 Å². The number of benzene rings is 5. The summed E-state index contributed by atoms with van der Waals surface area (Å²) in [4.78, 5) is 50.1. The highest BCUT2D eigenvalue weighted by atomic mass is 16.2. The van der Waals surface area contributed by atoms with Crippen LogP contribution < -0.4 is 42.5 Å². The number of urea groups is 4. The number of anilines is 4. The minimum absolute atomic E-state index is 0.148. The van der Waals surface area contributed by atoms with Crippen molar-refractivity contribution >= 4 is 46.9 Å². The fourth-order valence-corrected chi connectivity index (χ4v) is 6.44. The Morgan fingerprint density at radius 3 is 1.23 bits per heavy atom. The molecule has 0 saturated heterocycles. The van der Waals surface area contributed by atoms with Gasteiger partial charge in [-0.15, -0.1) is 0 Å². The summed E-state index contributed by atoms with van der Waals surface area (Å²) in [6, 6.07) is 37.4. The molecule has 1 aliphatic carbocycles. The van der Waals surface area contributed by atoms with Crippen molar-refractivity contribution < 1.29 is 19.2 Å². The number of nitriles is 2. The summed E-state index contributed by atoms with van der Waals surface area (Å²) >= 11 is 0. The lowest BCUT2D eigenvalue weighted by atomic mass is 9.89. The number of carbonyl (C=O) groups is 4. The Balaban J connectivity index is 0.988. The fourth-order valence-electron chi connectivity index (χ4n) is 6.44. The largest absolute Gasteiger partial charge is 0.338 e. The minimum atomic E-state index is -0.404. The molecule has 0 unspecified atom stereocenters. The molecule has 0 heterocycles. The molecule has 8 amide bonds. The van der Waals surface area contributed by atoms with E-state index in [2.05, 4.69) is 54.7 Å². The quantitative estimate of drug-likeness (QED) is 0.0567. The van der Waals surface area contributed by atoms with Crippen LogP contribution in [-0.4, -0.2) is 50.3 Å². The lowest BCUT2D eigenvalue weighted by Crippen LogP contribution is -2.34. The van der Waals surface area contributed by atoms with Crippen LogP contribution in [0.1, 0.15) is 46.6 Å². The maximum atomic E-state index is 12.8. The Labute approximate surface area is 329 Å². The Morgan fingerprint density at radius 1 is 0.456 bits per heavy atom. The number of hydrogen-bond acceptors (Lipinski definition) is 6. The van der Waals surface area contributed by atoms with Crippen molar-refractivity contribution in [3.63, 3.8) is 0 Å². The van der Waals surface area contributed by atoms with Crippen molar-refractivity contribution in [2.45, 2.75) is 18.8 Å². The van der Waals surface area contributed by atoms with Crippen LogP contribution in [0.4, 0.5) is 41.9 Å². The summed E-state index contributed by atoms with van der Waals surface area (Å²) in [6.07, 6.45) is 1.00. The SMILES string of the molecule is N#Cc1cccc(NC(=O)NCCCNC(=O)Nc2ccc3c(c2)C(c2ccccc2)c2cc(NC(=O)NCCCNC(=O)Nc4cccc(C#N)c4)ccc2-3)c1. The van der Waals surface area contributed by atoms with Crippen molar-refractivity contribution in [2.24, 2.45) is 0 Å². The molecule has 0 aliphatic heterocycles. The van der Waals surface area contributed by atoms with Gasteiger partial charge in [-0.05, 0) is 101 Å². The number of hydrogen-bond donors (Lipinski definition) is 8. The molecule has 14 nitrogen and oxygen atoms in total. The highest BCUT2D eigenvalue weighted by Crippen LogP contribution is 2.49. The standard InChI is InChI=1S/C43H40N10O4/c44-26-28-8-4-12-31(22-28)50-40(54)46-18-6-20-48-42(56)52-33-14-16-35-36-17-15-34(25-38(36)39(37(35)24-33)30-10-2-1-3-11-30)53-43(57)49-21-7-19-47-41(55)51-32-13-5-9-29(23-32)27-45/h1-5,8-17,22-25,39H,6-7,18-21H2,(H2,46,50,54)(H2,47,51,55)(H2,48,52,56)(H2,49,53,57). The highest BCUT2D eigenvalue weighted by molar-refractivity contribution is 5.93. The van der Waals surface area contributed by atoms with Gasteiger partial charge in [0.05, 0.1) is 23.3 Å². The number of carbonyl (C=O) groups excluding carboxylic acids is 4. The molecule has 286 valence electrons. The minimum Gasteiger partial charge on any atom is -0.338 e. The van der Waals surface area contributed by atoms with Crippen molar-refractivity contribution in [3.8, 4) is 23.3 Å². The highest BCUT2D eigenvalue weighted by Gasteiger charge is 2.31. The van der Waals surface area contributed by atoms with E-state index in [0.29, 0.717) is 72.9 Å². The van der Waals surface area contributed by atoms with Gasteiger partial charge < -0.3 is 42.5 Å². The Hall–Kier alpha value is -7.84. The summed E-state index contributed by atoms with van der Waals surface area (Å²) in [6.45, 7) is 1.32. The van der Waals surface area contributed by atoms with Crippen LogP contribution in [0.2, 0.25) is 0 Å². The molecular weight excluding hydrogens is 721 g/mol. The molecule has 5 aromatic carbocycles. The van der Waals surface area contributed by atoms with Gasteiger partial charge in [-0.3, -0.25) is 0 Å². The first-order valence-electron chi connectivity index (χ1n) is 18.3. The molecule has 0 spiro atoms. The lowest BCUT2D eigenvalue weighted by molar-refractivity contribution is 0.249. The maximum Gasteiger partial charge on any atom is 0.319 e. The molecule has 0 aromatic heterocycles. The second-order valence-corrected chi connectivity index (χ2v) is 13.1. The lowest BCUT2D eigenvalue weighted by Gasteiger charge is -2.16. The second kappa shape index (κ2) is 19.0. The first-order chi connectivity index (χ1) is 27.8. The summed E-state index contributed by atoms with van der Waals surface area (Å²) in [5.41, 5.74) is 8.30. The fraction of sp³-hybridized carbons (Fsp3) is 0.163. The molecule has 14 heteroatoms. The van der Waals surface area contributed by atoms with Gasteiger partial charge in [-0.1, -0.05) is 54.6 Å². The van der Waals surface area contributed by atoms with Crippen LogP contribution in [-0.2, 0) is 0 Å². The molecule has 57 heavy (non-hydrogen) atoms. The average Bonchev–Trinajstić information content (AvgIpc) is 3.53. The summed E-state index contributed by atoms with van der Waals surface area (Å²) in [7, 11) is 0. The smallest absolute Gasteiger partial charge is 0.319 e. The molecule has 0 bridgehead atoms. The van der Waals surface area contributed by atoms with E-state index in [1.54, 1.807) is 48.5 Å². The van der Waals surface area contributed by atoms with Crippen molar-refractivity contribution in [1.82, 2.24) is 21.3 Å². The number of amides is 8. The van der Waals surface area contributed by atoms with E-state index >= 15 is 0 Å². The Bertz CT molecular complexity index is 2210. The molecule has 6 rings (SSSR count). The van der Waals surface area contributed by atoms with E-state index in [0.717, 1.165) is 27.8 Å². The summed E-state index contributed by atoms with van der Waals surface area (Å²) < 4.78 is 0. The van der Waals surface area contributed by atoms with Gasteiger partial charge in [-0.2, -0.15) is 10.5 Å². The number of fused-ring (bicyclic) bond motifs is 3. The van der Waals surface area contributed by atoms with E-state index in [1.165, 1.54) is 0 Å². The van der Waals surface area contributed by atoms with Crippen molar-refractivity contribution in [2.75, 3.05) is 47.4 Å². The molecule has 0 radical (unpaired) electrons. The molecule has 1 aliphatic rings. The normalized spacial score (nSPS) is 11.1. The monoisotopic (exact) mass is 760 g/mol. The van der Waals surface area contributed by atoms with Gasteiger partial charge in [0.1, 0.15) is 0 Å². The summed E-state index contributed by atoms with van der Waals surface area (Å²) in [5, 5.41) is 40.4. The molecular formula is C43H40N10O4. The number of nitrogens with zero attached hydrogens (tertiary/aromatic N) is 2. The number of rotatable bonds is 13. The zero-order valence-electron chi connectivity index (χ0n) is 30.8. The van der Waals surface area contributed by atoms with E-state index in [-0.39, 0.29) is 18.0 Å². The van der Waals surface area contributed by atoms with Crippen molar-refractivity contribution in [1.29, 1.82) is 10.5 Å². The van der Waals surface area contributed by atoms with Crippen LogP contribution >= 0.6 is 0 Å². The molecule has 8 N–H and O–H groups in total. The van der Waals surface area contributed by atoms with Gasteiger partial charge in [0.15, 0.2) is 0 Å². The molecule has 0 atom stereocenters. The Kier molecular flexibility index (Phi) is 12.9.